The Morgan fingerprint density at radius 1 is 1.38 bits per heavy atom. The molecule has 1 aliphatic carbocycles. The SMILES string of the molecule is CC1CC1Nc1ccc(Br)cc1C(F)(F)F. The fourth-order valence-corrected chi connectivity index (χ4v) is 1.96. The molecular weight excluding hydrogens is 283 g/mol. The van der Waals surface area contributed by atoms with Gasteiger partial charge in [0.1, 0.15) is 0 Å². The summed E-state index contributed by atoms with van der Waals surface area (Å²) in [4.78, 5) is 0. The summed E-state index contributed by atoms with van der Waals surface area (Å²) in [6.07, 6.45) is -3.38. The number of nitrogens with one attached hydrogen (secondary N) is 1. The van der Waals surface area contributed by atoms with Gasteiger partial charge in [0, 0.05) is 16.2 Å². The van der Waals surface area contributed by atoms with E-state index in [2.05, 4.69) is 21.2 Å². The molecule has 1 saturated carbocycles. The molecule has 1 nitrogen and oxygen atoms in total. The normalized spacial score (nSPS) is 24.3. The molecule has 16 heavy (non-hydrogen) atoms. The van der Waals surface area contributed by atoms with E-state index in [-0.39, 0.29) is 11.7 Å². The minimum atomic E-state index is -4.32. The van der Waals surface area contributed by atoms with Gasteiger partial charge in [0.15, 0.2) is 0 Å². The van der Waals surface area contributed by atoms with Crippen LogP contribution in [0.25, 0.3) is 0 Å². The van der Waals surface area contributed by atoms with Crippen molar-refractivity contribution in [3.63, 3.8) is 0 Å². The first-order valence-corrected chi connectivity index (χ1v) is 5.80. The van der Waals surface area contributed by atoms with Crippen molar-refractivity contribution in [1.82, 2.24) is 0 Å². The quantitative estimate of drug-likeness (QED) is 0.858. The van der Waals surface area contributed by atoms with Crippen molar-refractivity contribution < 1.29 is 13.2 Å². The molecule has 2 rings (SSSR count). The molecule has 1 aliphatic rings. The van der Waals surface area contributed by atoms with Gasteiger partial charge >= 0.3 is 6.18 Å². The number of anilines is 1. The molecule has 0 aromatic heterocycles. The van der Waals surface area contributed by atoms with Crippen molar-refractivity contribution >= 4 is 21.6 Å². The van der Waals surface area contributed by atoms with Crippen molar-refractivity contribution in [1.29, 1.82) is 0 Å². The summed E-state index contributed by atoms with van der Waals surface area (Å²) in [6.45, 7) is 2.02. The van der Waals surface area contributed by atoms with Crippen molar-refractivity contribution in [3.8, 4) is 0 Å². The summed E-state index contributed by atoms with van der Waals surface area (Å²) in [5.74, 6) is 0.463. The third-order valence-corrected chi connectivity index (χ3v) is 3.23. The molecule has 0 spiro atoms. The fourth-order valence-electron chi connectivity index (χ4n) is 1.60. The Labute approximate surface area is 100 Å². The van der Waals surface area contributed by atoms with Gasteiger partial charge in [-0.1, -0.05) is 22.9 Å². The molecule has 1 aromatic rings. The smallest absolute Gasteiger partial charge is 0.382 e. The molecule has 0 aliphatic heterocycles. The van der Waals surface area contributed by atoms with Gasteiger partial charge in [-0.2, -0.15) is 13.2 Å². The molecule has 0 saturated heterocycles. The first-order chi connectivity index (χ1) is 7.38. The molecule has 1 N–H and O–H groups in total. The zero-order chi connectivity index (χ0) is 11.9. The van der Waals surface area contributed by atoms with E-state index in [0.717, 1.165) is 12.5 Å². The van der Waals surface area contributed by atoms with Crippen LogP contribution in [0.4, 0.5) is 18.9 Å². The standard InChI is InChI=1S/C11H11BrF3N/c1-6-4-10(6)16-9-3-2-7(12)5-8(9)11(13,14)15/h2-3,5-6,10,16H,4H2,1H3. The predicted molar refractivity (Wildman–Crippen MR) is 60.3 cm³/mol. The summed E-state index contributed by atoms with van der Waals surface area (Å²) < 4.78 is 38.6. The number of halogens is 4. The maximum atomic E-state index is 12.7. The van der Waals surface area contributed by atoms with E-state index in [1.165, 1.54) is 6.07 Å². The molecule has 2 atom stereocenters. The number of hydrogen-bond acceptors (Lipinski definition) is 1. The Kier molecular flexibility index (Phi) is 2.90. The molecule has 1 aromatic carbocycles. The summed E-state index contributed by atoms with van der Waals surface area (Å²) in [5, 5.41) is 2.93. The van der Waals surface area contributed by atoms with Crippen molar-refractivity contribution in [2.45, 2.75) is 25.6 Å². The van der Waals surface area contributed by atoms with E-state index in [9.17, 15) is 13.2 Å². The van der Waals surface area contributed by atoms with Crippen molar-refractivity contribution in [3.05, 3.63) is 28.2 Å². The Hall–Kier alpha value is -0.710. The highest BCUT2D eigenvalue weighted by Gasteiger charge is 2.37. The second-order valence-electron chi connectivity index (χ2n) is 4.15. The zero-order valence-corrected chi connectivity index (χ0v) is 10.2. The maximum absolute atomic E-state index is 12.7. The van der Waals surface area contributed by atoms with Gasteiger partial charge < -0.3 is 5.32 Å². The lowest BCUT2D eigenvalue weighted by molar-refractivity contribution is -0.137. The highest BCUT2D eigenvalue weighted by atomic mass is 79.9. The predicted octanol–water partition coefficient (Wildman–Crippen LogP) is 4.29. The lowest BCUT2D eigenvalue weighted by Gasteiger charge is -2.14. The van der Waals surface area contributed by atoms with Crippen molar-refractivity contribution in [2.75, 3.05) is 5.32 Å². The van der Waals surface area contributed by atoms with E-state index in [1.807, 2.05) is 6.92 Å². The van der Waals surface area contributed by atoms with Crippen LogP contribution in [-0.4, -0.2) is 6.04 Å². The van der Waals surface area contributed by atoms with E-state index in [1.54, 1.807) is 6.07 Å². The number of hydrogen-bond donors (Lipinski definition) is 1. The second-order valence-corrected chi connectivity index (χ2v) is 5.07. The first-order valence-electron chi connectivity index (χ1n) is 5.01. The van der Waals surface area contributed by atoms with Gasteiger partial charge in [0.2, 0.25) is 0 Å². The molecule has 5 heteroatoms. The minimum absolute atomic E-state index is 0.171. The highest BCUT2D eigenvalue weighted by molar-refractivity contribution is 9.10. The molecular formula is C11H11BrF3N. The molecule has 0 radical (unpaired) electrons. The Morgan fingerprint density at radius 3 is 2.50 bits per heavy atom. The molecule has 88 valence electrons. The number of benzene rings is 1. The fraction of sp³-hybridized carbons (Fsp3) is 0.455. The van der Waals surface area contributed by atoms with Crippen LogP contribution in [0.5, 0.6) is 0 Å². The van der Waals surface area contributed by atoms with Gasteiger partial charge in [-0.05, 0) is 30.5 Å². The van der Waals surface area contributed by atoms with Crippen LogP contribution in [-0.2, 0) is 6.18 Å². The Bertz CT molecular complexity index is 403. The Morgan fingerprint density at radius 2 is 2.00 bits per heavy atom. The van der Waals surface area contributed by atoms with E-state index in [0.29, 0.717) is 10.4 Å². The number of alkyl halides is 3. The molecule has 0 heterocycles. The van der Waals surface area contributed by atoms with Gasteiger partial charge in [-0.25, -0.2) is 0 Å². The molecule has 0 bridgehead atoms. The van der Waals surface area contributed by atoms with Gasteiger partial charge in [-0.3, -0.25) is 0 Å². The maximum Gasteiger partial charge on any atom is 0.418 e. The average molecular weight is 294 g/mol. The molecule has 1 fully saturated rings. The van der Waals surface area contributed by atoms with Crippen LogP contribution in [0.2, 0.25) is 0 Å². The minimum Gasteiger partial charge on any atom is -0.382 e. The van der Waals surface area contributed by atoms with Crippen LogP contribution in [0.3, 0.4) is 0 Å². The van der Waals surface area contributed by atoms with E-state index < -0.39 is 11.7 Å². The van der Waals surface area contributed by atoms with Crippen LogP contribution in [0, 0.1) is 5.92 Å². The highest BCUT2D eigenvalue weighted by Crippen LogP contribution is 2.40. The third kappa shape index (κ3) is 2.51. The Balaban J connectivity index is 2.29. The topological polar surface area (TPSA) is 12.0 Å². The van der Waals surface area contributed by atoms with Gasteiger partial charge in [-0.15, -0.1) is 0 Å². The van der Waals surface area contributed by atoms with Crippen LogP contribution in [0.1, 0.15) is 18.9 Å². The summed E-state index contributed by atoms with van der Waals surface area (Å²) >= 11 is 3.05. The van der Waals surface area contributed by atoms with Gasteiger partial charge in [0.25, 0.3) is 0 Å². The van der Waals surface area contributed by atoms with E-state index >= 15 is 0 Å². The molecule has 2 unspecified atom stereocenters. The van der Waals surface area contributed by atoms with Crippen molar-refractivity contribution in [2.24, 2.45) is 5.92 Å². The van der Waals surface area contributed by atoms with Crippen LogP contribution < -0.4 is 5.32 Å². The lowest BCUT2D eigenvalue weighted by Crippen LogP contribution is -2.12. The van der Waals surface area contributed by atoms with Crippen LogP contribution in [0.15, 0.2) is 22.7 Å². The number of rotatable bonds is 2. The third-order valence-electron chi connectivity index (χ3n) is 2.74. The first kappa shape index (κ1) is 11.8. The molecule has 0 amide bonds. The lowest BCUT2D eigenvalue weighted by atomic mass is 10.1. The second kappa shape index (κ2) is 3.95. The van der Waals surface area contributed by atoms with Gasteiger partial charge in [0.05, 0.1) is 5.56 Å². The van der Waals surface area contributed by atoms with E-state index in [4.69, 9.17) is 0 Å². The van der Waals surface area contributed by atoms with Crippen LogP contribution >= 0.6 is 15.9 Å². The summed E-state index contributed by atoms with van der Waals surface area (Å²) in [5.41, 5.74) is -0.439. The average Bonchev–Trinajstić information content (AvgIpc) is 2.83. The largest absolute Gasteiger partial charge is 0.418 e. The zero-order valence-electron chi connectivity index (χ0n) is 8.61. The summed E-state index contributed by atoms with van der Waals surface area (Å²) in [7, 11) is 0. The monoisotopic (exact) mass is 293 g/mol. The summed E-state index contributed by atoms with van der Waals surface area (Å²) in [6, 6.07) is 4.38.